The summed E-state index contributed by atoms with van der Waals surface area (Å²) in [5, 5.41) is 8.65. The first kappa shape index (κ1) is 14.4. The highest BCUT2D eigenvalue weighted by molar-refractivity contribution is 7.86. The molecule has 0 atom stereocenters. The van der Waals surface area contributed by atoms with E-state index in [0.29, 0.717) is 32.5 Å². The minimum absolute atomic E-state index is 0.273. The van der Waals surface area contributed by atoms with Gasteiger partial charge in [0.05, 0.1) is 0 Å². The lowest BCUT2D eigenvalue weighted by Gasteiger charge is -2.33. The number of hydrogen-bond donors (Lipinski definition) is 1. The third-order valence-corrected chi connectivity index (χ3v) is 4.52. The summed E-state index contributed by atoms with van der Waals surface area (Å²) in [5.74, 6) is -1.13. The largest absolute Gasteiger partial charge is 0.480 e. The van der Waals surface area contributed by atoms with Crippen molar-refractivity contribution in [1.82, 2.24) is 8.61 Å². The molecule has 0 radical (unpaired) electrons. The fourth-order valence-corrected chi connectivity index (χ4v) is 3.42. The van der Waals surface area contributed by atoms with Crippen LogP contribution in [0.5, 0.6) is 0 Å². The van der Waals surface area contributed by atoms with Gasteiger partial charge in [-0.3, -0.25) is 4.79 Å². The Hall–Kier alpha value is -0.700. The monoisotopic (exact) mass is 266 g/mol. The summed E-state index contributed by atoms with van der Waals surface area (Å²) in [5.41, 5.74) is 0. The van der Waals surface area contributed by atoms with Crippen molar-refractivity contribution in [3.8, 4) is 0 Å². The van der Waals surface area contributed by atoms with Crippen molar-refractivity contribution in [2.75, 3.05) is 39.9 Å². The summed E-state index contributed by atoms with van der Waals surface area (Å²) in [6.07, 6.45) is 1.26. The van der Waals surface area contributed by atoms with Crippen LogP contribution in [0.15, 0.2) is 0 Å². The van der Waals surface area contributed by atoms with Crippen LogP contribution in [0.25, 0.3) is 0 Å². The minimum Gasteiger partial charge on any atom is -0.480 e. The molecule has 17 heavy (non-hydrogen) atoms. The molecular formula is C9H18N2O5S. The molecule has 0 unspecified atom stereocenters. The van der Waals surface area contributed by atoms with Crippen LogP contribution in [0, 0.1) is 0 Å². The zero-order valence-electron chi connectivity index (χ0n) is 9.83. The molecule has 1 rings (SSSR count). The van der Waals surface area contributed by atoms with Crippen LogP contribution < -0.4 is 0 Å². The number of hydrogen-bond acceptors (Lipinski definition) is 4. The van der Waals surface area contributed by atoms with Crippen molar-refractivity contribution in [3.63, 3.8) is 0 Å². The average molecular weight is 266 g/mol. The lowest BCUT2D eigenvalue weighted by atomic mass is 10.4. The molecule has 0 spiro atoms. The molecule has 0 aromatic rings. The molecule has 0 aromatic heterocycles. The predicted octanol–water partition coefficient (Wildman–Crippen LogP) is -0.640. The van der Waals surface area contributed by atoms with Gasteiger partial charge in [-0.25, -0.2) is 0 Å². The highest BCUT2D eigenvalue weighted by Crippen LogP contribution is 2.16. The van der Waals surface area contributed by atoms with Gasteiger partial charge in [0.25, 0.3) is 10.2 Å². The van der Waals surface area contributed by atoms with Gasteiger partial charge in [0.1, 0.15) is 6.54 Å². The Balaban J connectivity index is 2.63. The van der Waals surface area contributed by atoms with E-state index in [9.17, 15) is 13.2 Å². The van der Waals surface area contributed by atoms with Crippen LogP contribution >= 0.6 is 0 Å². The Morgan fingerprint density at radius 2 is 2.00 bits per heavy atom. The molecule has 0 amide bonds. The van der Waals surface area contributed by atoms with Crippen LogP contribution in [0.1, 0.15) is 12.8 Å². The number of methoxy groups -OCH3 is 1. The maximum atomic E-state index is 12.0. The Labute approximate surface area is 101 Å². The van der Waals surface area contributed by atoms with Gasteiger partial charge in [0.15, 0.2) is 0 Å². The Morgan fingerprint density at radius 1 is 1.35 bits per heavy atom. The summed E-state index contributed by atoms with van der Waals surface area (Å²) in [4.78, 5) is 10.6. The van der Waals surface area contributed by atoms with Gasteiger partial charge in [-0.15, -0.1) is 0 Å². The van der Waals surface area contributed by atoms with E-state index in [1.807, 2.05) is 0 Å². The third-order valence-electron chi connectivity index (χ3n) is 2.54. The molecule has 1 fully saturated rings. The van der Waals surface area contributed by atoms with Gasteiger partial charge >= 0.3 is 5.97 Å². The van der Waals surface area contributed by atoms with E-state index in [0.717, 1.165) is 4.31 Å². The summed E-state index contributed by atoms with van der Waals surface area (Å²) in [6.45, 7) is 1.11. The molecule has 1 N–H and O–H groups in total. The molecular weight excluding hydrogens is 248 g/mol. The second-order valence-electron chi connectivity index (χ2n) is 3.83. The smallest absolute Gasteiger partial charge is 0.318 e. The zero-order valence-corrected chi connectivity index (χ0v) is 10.6. The highest BCUT2D eigenvalue weighted by atomic mass is 32.2. The van der Waals surface area contributed by atoms with Crippen LogP contribution in [-0.4, -0.2) is 68.0 Å². The zero-order chi connectivity index (χ0) is 12.9. The van der Waals surface area contributed by atoms with Crippen molar-refractivity contribution in [2.24, 2.45) is 0 Å². The Morgan fingerprint density at radius 3 is 2.59 bits per heavy atom. The molecule has 0 bridgehead atoms. The van der Waals surface area contributed by atoms with Crippen LogP contribution in [0.4, 0.5) is 0 Å². The first-order valence-electron chi connectivity index (χ1n) is 5.44. The van der Waals surface area contributed by atoms with E-state index in [1.54, 1.807) is 7.11 Å². The second-order valence-corrected chi connectivity index (χ2v) is 5.76. The average Bonchev–Trinajstić information content (AvgIpc) is 2.23. The highest BCUT2D eigenvalue weighted by Gasteiger charge is 2.34. The quantitative estimate of drug-likeness (QED) is 0.646. The van der Waals surface area contributed by atoms with Crippen molar-refractivity contribution in [3.05, 3.63) is 0 Å². The van der Waals surface area contributed by atoms with Gasteiger partial charge in [-0.05, 0) is 12.8 Å². The Kier molecular flexibility index (Phi) is 5.31. The van der Waals surface area contributed by atoms with Gasteiger partial charge in [0.2, 0.25) is 0 Å². The van der Waals surface area contributed by atoms with Crippen molar-refractivity contribution in [2.45, 2.75) is 12.8 Å². The topological polar surface area (TPSA) is 87.2 Å². The summed E-state index contributed by atoms with van der Waals surface area (Å²) in [7, 11) is -2.05. The normalized spacial score (nSPS) is 21.5. The first-order chi connectivity index (χ1) is 7.98. The number of aliphatic carboxylic acids is 1. The number of nitrogens with zero attached hydrogens (tertiary/aromatic N) is 2. The number of carboxylic acids is 1. The SMILES string of the molecule is COCCCN1CCCN(CC(=O)O)S1(=O)=O. The molecule has 100 valence electrons. The molecule has 1 saturated heterocycles. The minimum atomic E-state index is -3.61. The van der Waals surface area contributed by atoms with Crippen molar-refractivity contribution < 1.29 is 23.1 Å². The van der Waals surface area contributed by atoms with E-state index in [1.165, 1.54) is 4.31 Å². The number of rotatable bonds is 6. The van der Waals surface area contributed by atoms with E-state index in [4.69, 9.17) is 9.84 Å². The third kappa shape index (κ3) is 3.91. The van der Waals surface area contributed by atoms with Crippen molar-refractivity contribution in [1.29, 1.82) is 0 Å². The van der Waals surface area contributed by atoms with E-state index < -0.39 is 22.7 Å². The molecule has 0 aliphatic carbocycles. The fraction of sp³-hybridized carbons (Fsp3) is 0.889. The van der Waals surface area contributed by atoms with Crippen LogP contribution in [0.2, 0.25) is 0 Å². The van der Waals surface area contributed by atoms with E-state index in [2.05, 4.69) is 0 Å². The maximum Gasteiger partial charge on any atom is 0.318 e. The van der Waals surface area contributed by atoms with Crippen LogP contribution in [-0.2, 0) is 19.7 Å². The van der Waals surface area contributed by atoms with Crippen LogP contribution in [0.3, 0.4) is 0 Å². The number of ether oxygens (including phenoxy) is 1. The molecule has 0 aromatic carbocycles. The lowest BCUT2D eigenvalue weighted by molar-refractivity contribution is -0.137. The molecule has 1 aliphatic heterocycles. The molecule has 1 heterocycles. The fourth-order valence-electron chi connectivity index (χ4n) is 1.74. The number of carboxylic acid groups (broad SMARTS) is 1. The first-order valence-corrected chi connectivity index (χ1v) is 6.84. The van der Waals surface area contributed by atoms with Gasteiger partial charge < -0.3 is 9.84 Å². The Bertz CT molecular complexity index is 356. The van der Waals surface area contributed by atoms with Crippen molar-refractivity contribution >= 4 is 16.2 Å². The number of carbonyl (C=O) groups is 1. The lowest BCUT2D eigenvalue weighted by Crippen LogP contribution is -2.51. The standard InChI is InChI=1S/C9H18N2O5S/c1-16-7-3-6-10-4-2-5-11(8-9(12)13)17(10,14)15/h2-8H2,1H3,(H,12,13). The molecule has 0 saturated carbocycles. The summed E-state index contributed by atoms with van der Waals surface area (Å²) < 4.78 is 31.2. The van der Waals surface area contributed by atoms with Gasteiger partial charge in [0, 0.05) is 33.4 Å². The molecule has 1 aliphatic rings. The van der Waals surface area contributed by atoms with Gasteiger partial charge in [-0.2, -0.15) is 17.0 Å². The van der Waals surface area contributed by atoms with E-state index >= 15 is 0 Å². The van der Waals surface area contributed by atoms with E-state index in [-0.39, 0.29) is 6.54 Å². The predicted molar refractivity (Wildman–Crippen MR) is 60.8 cm³/mol. The maximum absolute atomic E-state index is 12.0. The molecule has 7 nitrogen and oxygen atoms in total. The summed E-state index contributed by atoms with van der Waals surface area (Å²) >= 11 is 0. The second kappa shape index (κ2) is 6.29. The summed E-state index contributed by atoms with van der Waals surface area (Å²) in [6, 6.07) is 0. The van der Waals surface area contributed by atoms with Gasteiger partial charge in [-0.1, -0.05) is 0 Å². The molecule has 8 heteroatoms.